The largest absolute Gasteiger partial charge is 0.492 e. The maximum absolute atomic E-state index is 12.6. The van der Waals surface area contributed by atoms with Crippen molar-refractivity contribution in [2.45, 2.75) is 55.4 Å². The number of nitrogens with one attached hydrogen (secondary N) is 2. The summed E-state index contributed by atoms with van der Waals surface area (Å²) in [4.78, 5) is 12.9. The molecule has 2 aromatic carbocycles. The molecule has 2 heterocycles. The molecule has 0 unspecified atom stereocenters. The van der Waals surface area contributed by atoms with Crippen molar-refractivity contribution < 1.29 is 36.2 Å². The Labute approximate surface area is 236 Å². The highest BCUT2D eigenvalue weighted by atomic mass is 32.2. The number of benzene rings is 2. The monoisotopic (exact) mass is 594 g/mol. The molecule has 0 amide bonds. The fourth-order valence-electron chi connectivity index (χ4n) is 4.76. The number of hydrogen-bond donors (Lipinski definition) is 3. The van der Waals surface area contributed by atoms with Crippen LogP contribution < -0.4 is 14.8 Å². The lowest BCUT2D eigenvalue weighted by atomic mass is 9.81. The summed E-state index contributed by atoms with van der Waals surface area (Å²) in [7, 11) is -1.92. The standard InChI is InChI=1S/C26H32N4O3S.C2HF3O2/c1-30-16-26(28-18-30)34(31,32)29-15-21-10-11-25-23(13-21)22(12-19-6-3-2-4-7-19)24(17-33-25)27-14-20-8-5-9-20;3-2(4,5)1(6)7/h2-4,6-7,10-11,13,16,18,20,22,24,27,29H,5,8-9,12,14-15,17H2,1H3;(H,6,7)/t22-,24+;/m1./s1. The molecule has 13 heteroatoms. The number of carboxylic acid groups (broad SMARTS) is 1. The lowest BCUT2D eigenvalue weighted by Gasteiger charge is -2.37. The molecule has 5 rings (SSSR count). The van der Waals surface area contributed by atoms with Crippen LogP contribution in [-0.2, 0) is 34.8 Å². The van der Waals surface area contributed by atoms with E-state index in [0.29, 0.717) is 6.61 Å². The van der Waals surface area contributed by atoms with Gasteiger partial charge in [-0.05, 0) is 54.5 Å². The molecule has 1 fully saturated rings. The number of rotatable bonds is 9. The highest BCUT2D eigenvalue weighted by Gasteiger charge is 2.38. The molecule has 0 radical (unpaired) electrons. The van der Waals surface area contributed by atoms with Gasteiger partial charge >= 0.3 is 12.1 Å². The number of ether oxygens (including phenoxy) is 1. The van der Waals surface area contributed by atoms with E-state index in [0.717, 1.165) is 35.8 Å². The highest BCUT2D eigenvalue weighted by molar-refractivity contribution is 7.89. The molecule has 9 nitrogen and oxygen atoms in total. The Morgan fingerprint density at radius 3 is 2.44 bits per heavy atom. The lowest BCUT2D eigenvalue weighted by Crippen LogP contribution is -2.46. The number of nitrogens with zero attached hydrogens (tertiary/aromatic N) is 2. The highest BCUT2D eigenvalue weighted by Crippen LogP contribution is 2.37. The number of halogens is 3. The molecule has 0 spiro atoms. The number of aliphatic carboxylic acids is 1. The second-order valence-corrected chi connectivity index (χ2v) is 12.0. The van der Waals surface area contributed by atoms with Crippen molar-refractivity contribution in [1.82, 2.24) is 19.6 Å². The van der Waals surface area contributed by atoms with E-state index in [1.165, 1.54) is 37.4 Å². The van der Waals surface area contributed by atoms with Crippen molar-refractivity contribution in [3.63, 3.8) is 0 Å². The summed E-state index contributed by atoms with van der Waals surface area (Å²) in [6.45, 7) is 1.87. The van der Waals surface area contributed by atoms with Gasteiger partial charge in [-0.3, -0.25) is 0 Å². The minimum atomic E-state index is -5.08. The first kappa shape index (κ1) is 30.5. The molecule has 2 atom stereocenters. The van der Waals surface area contributed by atoms with Crippen molar-refractivity contribution >= 4 is 16.0 Å². The van der Waals surface area contributed by atoms with Crippen LogP contribution in [0.5, 0.6) is 5.75 Å². The Morgan fingerprint density at radius 2 is 1.85 bits per heavy atom. The Hall–Kier alpha value is -3.42. The normalized spacial score (nSPS) is 18.8. The maximum Gasteiger partial charge on any atom is 0.490 e. The third kappa shape index (κ3) is 8.30. The van der Waals surface area contributed by atoms with Crippen molar-refractivity contribution in [2.24, 2.45) is 13.0 Å². The zero-order chi connectivity index (χ0) is 29.6. The molecule has 1 aromatic heterocycles. The number of aromatic nitrogens is 2. The number of fused-ring (bicyclic) bond motifs is 1. The Morgan fingerprint density at radius 1 is 1.15 bits per heavy atom. The molecule has 222 valence electrons. The quantitative estimate of drug-likeness (QED) is 0.342. The molecule has 1 saturated carbocycles. The molecule has 2 aliphatic rings. The molecule has 0 saturated heterocycles. The average Bonchev–Trinajstić information content (AvgIpc) is 3.35. The zero-order valence-corrected chi connectivity index (χ0v) is 23.3. The smallest absolute Gasteiger partial charge is 0.490 e. The van der Waals surface area contributed by atoms with Crippen molar-refractivity contribution in [3.05, 3.63) is 77.7 Å². The van der Waals surface area contributed by atoms with E-state index in [9.17, 15) is 21.6 Å². The van der Waals surface area contributed by atoms with Crippen LogP contribution >= 0.6 is 0 Å². The predicted molar refractivity (Wildman–Crippen MR) is 145 cm³/mol. The van der Waals surface area contributed by atoms with E-state index in [1.807, 2.05) is 18.2 Å². The number of hydrogen-bond acceptors (Lipinski definition) is 6. The van der Waals surface area contributed by atoms with E-state index in [2.05, 4.69) is 45.4 Å². The van der Waals surface area contributed by atoms with Gasteiger partial charge in [0.1, 0.15) is 12.4 Å². The van der Waals surface area contributed by atoms with Crippen LogP contribution in [0.25, 0.3) is 0 Å². The third-order valence-electron chi connectivity index (χ3n) is 7.23. The third-order valence-corrected chi connectivity index (χ3v) is 8.52. The topological polar surface area (TPSA) is 123 Å². The summed E-state index contributed by atoms with van der Waals surface area (Å²) >= 11 is 0. The van der Waals surface area contributed by atoms with Crippen LogP contribution in [0.3, 0.4) is 0 Å². The van der Waals surface area contributed by atoms with Crippen LogP contribution in [0.1, 0.15) is 41.9 Å². The number of aryl methyl sites for hydroxylation is 1. The maximum atomic E-state index is 12.6. The second kappa shape index (κ2) is 13.0. The zero-order valence-electron chi connectivity index (χ0n) is 22.5. The fraction of sp³-hybridized carbons (Fsp3) is 0.429. The fourth-order valence-corrected chi connectivity index (χ4v) is 5.75. The number of carbonyl (C=O) groups is 1. The summed E-state index contributed by atoms with van der Waals surface area (Å²) in [6.07, 6.45) is 2.75. The summed E-state index contributed by atoms with van der Waals surface area (Å²) in [5.41, 5.74) is 3.33. The molecular formula is C28H33F3N4O5S. The Bertz CT molecular complexity index is 1430. The minimum Gasteiger partial charge on any atom is -0.492 e. The second-order valence-electron chi connectivity index (χ2n) is 10.3. The van der Waals surface area contributed by atoms with Crippen molar-refractivity contribution in [2.75, 3.05) is 13.2 Å². The van der Waals surface area contributed by atoms with Gasteiger partial charge in [0.05, 0.1) is 6.33 Å². The van der Waals surface area contributed by atoms with E-state index in [4.69, 9.17) is 14.6 Å². The first-order valence-electron chi connectivity index (χ1n) is 13.2. The van der Waals surface area contributed by atoms with Gasteiger partial charge in [0.2, 0.25) is 0 Å². The summed E-state index contributed by atoms with van der Waals surface area (Å²) < 4.78 is 67.4. The van der Waals surface area contributed by atoms with Gasteiger partial charge in [-0.15, -0.1) is 0 Å². The molecular weight excluding hydrogens is 561 g/mol. The summed E-state index contributed by atoms with van der Waals surface area (Å²) in [6, 6.07) is 16.8. The Balaban J connectivity index is 0.000000493. The van der Waals surface area contributed by atoms with Crippen LogP contribution in [-0.4, -0.2) is 54.4 Å². The van der Waals surface area contributed by atoms with Gasteiger partial charge in [-0.25, -0.2) is 22.9 Å². The summed E-state index contributed by atoms with van der Waals surface area (Å²) in [5.74, 6) is -0.851. The van der Waals surface area contributed by atoms with Gasteiger partial charge in [-0.2, -0.15) is 13.2 Å². The van der Waals surface area contributed by atoms with Crippen molar-refractivity contribution in [1.29, 1.82) is 0 Å². The van der Waals surface area contributed by atoms with Crippen LogP contribution in [0, 0.1) is 5.92 Å². The van der Waals surface area contributed by atoms with E-state index in [1.54, 1.807) is 11.6 Å². The molecule has 3 N–H and O–H groups in total. The molecule has 1 aliphatic carbocycles. The lowest BCUT2D eigenvalue weighted by molar-refractivity contribution is -0.192. The molecule has 3 aromatic rings. The van der Waals surface area contributed by atoms with Gasteiger partial charge in [0.15, 0.2) is 5.03 Å². The van der Waals surface area contributed by atoms with Crippen LogP contribution in [0.15, 0.2) is 66.1 Å². The number of carboxylic acids is 1. The molecule has 0 bridgehead atoms. The number of alkyl halides is 3. The average molecular weight is 595 g/mol. The van der Waals surface area contributed by atoms with Crippen LogP contribution in [0.4, 0.5) is 13.2 Å². The van der Waals surface area contributed by atoms with E-state index < -0.39 is 22.2 Å². The molecule has 41 heavy (non-hydrogen) atoms. The van der Waals surface area contributed by atoms with Gasteiger partial charge in [0.25, 0.3) is 10.0 Å². The van der Waals surface area contributed by atoms with Crippen molar-refractivity contribution in [3.8, 4) is 5.75 Å². The summed E-state index contributed by atoms with van der Waals surface area (Å²) in [5, 5.41) is 10.9. The SMILES string of the molecule is Cn1cnc(S(=O)(=O)NCc2ccc3c(c2)[C@@H](Cc2ccccc2)[C@@H](NCC2CCC2)CO3)c1.O=C(O)C(F)(F)F. The minimum absolute atomic E-state index is 0.0264. The first-order chi connectivity index (χ1) is 19.4. The van der Waals surface area contributed by atoms with Gasteiger partial charge < -0.3 is 19.7 Å². The first-order valence-corrected chi connectivity index (χ1v) is 14.7. The Kier molecular flexibility index (Phi) is 9.72. The predicted octanol–water partition coefficient (Wildman–Crippen LogP) is 4.01. The number of sulfonamides is 1. The van der Waals surface area contributed by atoms with Crippen LogP contribution in [0.2, 0.25) is 0 Å². The van der Waals surface area contributed by atoms with Gasteiger partial charge in [-0.1, -0.05) is 48.9 Å². The molecule has 1 aliphatic heterocycles. The van der Waals surface area contributed by atoms with E-state index >= 15 is 0 Å². The van der Waals surface area contributed by atoms with E-state index in [-0.39, 0.29) is 23.5 Å². The number of imidazole rings is 1. The van der Waals surface area contributed by atoms with Gasteiger partial charge in [0, 0.05) is 31.7 Å².